The first-order chi connectivity index (χ1) is 13.9. The Bertz CT molecular complexity index is 1500. The van der Waals surface area contributed by atoms with Gasteiger partial charge < -0.3 is 16.0 Å². The summed E-state index contributed by atoms with van der Waals surface area (Å²) in [5.41, 5.74) is 10.4. The van der Waals surface area contributed by atoms with Gasteiger partial charge in [-0.2, -0.15) is 0 Å². The summed E-state index contributed by atoms with van der Waals surface area (Å²) in [7, 11) is 0. The Morgan fingerprint density at radius 3 is 2.62 bits per heavy atom. The molecule has 0 atom stereocenters. The maximum absolute atomic E-state index is 11.6. The van der Waals surface area contributed by atoms with Gasteiger partial charge in [-0.3, -0.25) is 9.59 Å². The third-order valence-electron chi connectivity index (χ3n) is 4.99. The molecule has 0 spiro atoms. The van der Waals surface area contributed by atoms with Gasteiger partial charge in [0.15, 0.2) is 0 Å². The van der Waals surface area contributed by atoms with Crippen LogP contribution in [0.2, 0.25) is 5.02 Å². The second-order valence-electron chi connectivity index (χ2n) is 6.85. The number of hydrogen-bond donors (Lipinski definition) is 3. The van der Waals surface area contributed by atoms with Crippen LogP contribution in [0.25, 0.3) is 21.8 Å². The van der Waals surface area contributed by atoms with Gasteiger partial charge in [0.2, 0.25) is 0 Å². The number of nitrogen functional groups attached to an aromatic ring is 1. The van der Waals surface area contributed by atoms with Crippen molar-refractivity contribution in [1.29, 1.82) is 0 Å². The molecule has 3 aromatic carbocycles. The molecule has 0 saturated carbocycles. The number of H-pyrrole nitrogens is 1. The van der Waals surface area contributed by atoms with Crippen molar-refractivity contribution in [2.24, 2.45) is 9.98 Å². The molecule has 142 valence electrons. The molecule has 0 aliphatic carbocycles. The highest BCUT2D eigenvalue weighted by atomic mass is 35.5. The topological polar surface area (TPSA) is 113 Å². The fourth-order valence-electron chi connectivity index (χ4n) is 3.59. The van der Waals surface area contributed by atoms with Crippen molar-refractivity contribution in [3.05, 3.63) is 63.8 Å². The molecular weight excluding hydrogens is 390 g/mol. The second-order valence-corrected chi connectivity index (χ2v) is 7.23. The molecule has 0 radical (unpaired) electrons. The number of rotatable bonds is 2. The van der Waals surface area contributed by atoms with Crippen LogP contribution < -0.4 is 21.8 Å². The zero-order valence-electron chi connectivity index (χ0n) is 15.2. The van der Waals surface area contributed by atoms with Crippen LogP contribution >= 0.6 is 11.6 Å². The lowest BCUT2D eigenvalue weighted by molar-refractivity contribution is -0.135. The summed E-state index contributed by atoms with van der Waals surface area (Å²) in [4.78, 5) is 34.3. The van der Waals surface area contributed by atoms with E-state index in [1.807, 2.05) is 36.4 Å². The smallest absolute Gasteiger partial charge is 0.338 e. The molecule has 4 aromatic rings. The summed E-state index contributed by atoms with van der Waals surface area (Å²) in [6.07, 6.45) is 0. The van der Waals surface area contributed by atoms with Gasteiger partial charge in [0.25, 0.3) is 0 Å². The summed E-state index contributed by atoms with van der Waals surface area (Å²) >= 11 is 6.53. The second kappa shape index (κ2) is 6.15. The van der Waals surface area contributed by atoms with Gasteiger partial charge in [0.1, 0.15) is 0 Å². The Labute approximate surface area is 168 Å². The van der Waals surface area contributed by atoms with E-state index in [2.05, 4.69) is 20.3 Å². The Hall–Kier alpha value is -3.71. The fourth-order valence-corrected chi connectivity index (χ4v) is 3.78. The highest BCUT2D eigenvalue weighted by Gasteiger charge is 2.19. The van der Waals surface area contributed by atoms with Gasteiger partial charge in [-0.15, -0.1) is 0 Å². The number of fused-ring (bicyclic) bond motifs is 4. The van der Waals surface area contributed by atoms with Crippen LogP contribution in [0.15, 0.2) is 52.4 Å². The zero-order chi connectivity index (χ0) is 20.3. The quantitative estimate of drug-likeness (QED) is 0.353. The molecule has 1 aliphatic heterocycles. The molecule has 7 nitrogen and oxygen atoms in total. The van der Waals surface area contributed by atoms with Crippen molar-refractivity contribution in [2.45, 2.75) is 6.92 Å². The number of nitrogens with two attached hydrogens (primary N) is 1. The van der Waals surface area contributed by atoms with Crippen LogP contribution in [0, 0.1) is 6.92 Å². The number of hydrogen-bond acceptors (Lipinski definition) is 4. The van der Waals surface area contributed by atoms with Gasteiger partial charge in [-0.05, 0) is 36.8 Å². The van der Waals surface area contributed by atoms with E-state index in [4.69, 9.17) is 17.3 Å². The highest BCUT2D eigenvalue weighted by Crippen LogP contribution is 2.34. The lowest BCUT2D eigenvalue weighted by atomic mass is 10.1. The van der Waals surface area contributed by atoms with Crippen LogP contribution in [0.1, 0.15) is 5.56 Å². The molecule has 5 rings (SSSR count). The third-order valence-corrected chi connectivity index (χ3v) is 5.48. The fraction of sp³-hybridized carbons (Fsp3) is 0.0476. The normalized spacial score (nSPS) is 13.3. The van der Waals surface area contributed by atoms with Crippen LogP contribution in [0.4, 0.5) is 17.1 Å². The number of nitrogens with zero attached hydrogens (tertiary/aromatic N) is 2. The van der Waals surface area contributed by atoms with Crippen molar-refractivity contribution in [3.8, 4) is 0 Å². The van der Waals surface area contributed by atoms with E-state index < -0.39 is 11.8 Å². The Morgan fingerprint density at radius 1 is 1.00 bits per heavy atom. The molecule has 0 saturated heterocycles. The third kappa shape index (κ3) is 2.67. The molecule has 2 amide bonds. The van der Waals surface area contributed by atoms with E-state index in [-0.39, 0.29) is 0 Å². The molecular formula is C21H14ClN5O2. The van der Waals surface area contributed by atoms with Crippen molar-refractivity contribution in [1.82, 2.24) is 4.98 Å². The van der Waals surface area contributed by atoms with Crippen LogP contribution in [-0.2, 0) is 9.59 Å². The van der Waals surface area contributed by atoms with Crippen molar-refractivity contribution >= 4 is 62.3 Å². The van der Waals surface area contributed by atoms with Gasteiger partial charge in [-0.1, -0.05) is 29.8 Å². The maximum atomic E-state index is 11.6. The average Bonchev–Trinajstić information content (AvgIpc) is 3.06. The van der Waals surface area contributed by atoms with Crippen LogP contribution in [0.3, 0.4) is 0 Å². The molecule has 0 bridgehead atoms. The summed E-state index contributed by atoms with van der Waals surface area (Å²) in [5, 5.41) is 6.46. The zero-order valence-corrected chi connectivity index (χ0v) is 16.0. The molecule has 1 aliphatic rings. The predicted molar refractivity (Wildman–Crippen MR) is 112 cm³/mol. The number of amides is 2. The number of benzene rings is 3. The lowest BCUT2D eigenvalue weighted by Crippen LogP contribution is -2.36. The first-order valence-electron chi connectivity index (χ1n) is 8.84. The molecule has 0 fully saturated rings. The minimum absolute atomic E-state index is 0.315. The summed E-state index contributed by atoms with van der Waals surface area (Å²) in [5.74, 6) is -1.78. The molecule has 29 heavy (non-hydrogen) atoms. The Morgan fingerprint density at radius 2 is 1.79 bits per heavy atom. The van der Waals surface area contributed by atoms with Crippen molar-refractivity contribution < 1.29 is 9.59 Å². The van der Waals surface area contributed by atoms with Crippen LogP contribution in [0.5, 0.6) is 0 Å². The van der Waals surface area contributed by atoms with E-state index in [0.29, 0.717) is 32.7 Å². The number of carbonyl (C=O) groups excluding carboxylic acids is 2. The van der Waals surface area contributed by atoms with E-state index in [9.17, 15) is 9.59 Å². The van der Waals surface area contributed by atoms with E-state index in [1.54, 1.807) is 13.0 Å². The number of halogens is 1. The minimum Gasteiger partial charge on any atom is -0.399 e. The molecule has 8 heteroatoms. The first-order valence-corrected chi connectivity index (χ1v) is 9.22. The number of nitrogens with one attached hydrogen (secondary N) is 2. The maximum Gasteiger partial charge on any atom is 0.338 e. The Kier molecular flexibility index (Phi) is 3.69. The molecule has 2 heterocycles. The van der Waals surface area contributed by atoms with E-state index >= 15 is 0 Å². The van der Waals surface area contributed by atoms with Crippen LogP contribution in [-0.4, -0.2) is 16.8 Å². The number of aromatic nitrogens is 1. The lowest BCUT2D eigenvalue weighted by Gasteiger charge is -2.12. The molecule has 4 N–H and O–H groups in total. The Balaban J connectivity index is 1.70. The number of carbonyl (C=O) groups is 2. The van der Waals surface area contributed by atoms with Gasteiger partial charge in [-0.25, -0.2) is 9.98 Å². The predicted octanol–water partition coefficient (Wildman–Crippen LogP) is 2.91. The van der Waals surface area contributed by atoms with Gasteiger partial charge in [0, 0.05) is 22.0 Å². The average molecular weight is 404 g/mol. The summed E-state index contributed by atoms with van der Waals surface area (Å²) in [6, 6.07) is 13.2. The number of para-hydroxylation sites is 1. The number of aromatic amines is 1. The number of anilines is 3. The summed E-state index contributed by atoms with van der Waals surface area (Å²) in [6.45, 7) is 1.74. The minimum atomic E-state index is -0.889. The van der Waals surface area contributed by atoms with Crippen molar-refractivity contribution in [2.75, 3.05) is 11.1 Å². The molecule has 1 aromatic heterocycles. The van der Waals surface area contributed by atoms with E-state index in [1.165, 1.54) is 0 Å². The molecule has 0 unspecified atom stereocenters. The van der Waals surface area contributed by atoms with Gasteiger partial charge in [0.05, 0.1) is 32.6 Å². The van der Waals surface area contributed by atoms with E-state index in [0.717, 1.165) is 27.5 Å². The highest BCUT2D eigenvalue weighted by molar-refractivity contribution is 6.36. The van der Waals surface area contributed by atoms with Gasteiger partial charge >= 0.3 is 11.8 Å². The standard InChI is InChI=1S/C21H14ClN5O2/c1-9-17(22)15(8-16-18(9)27-21(29)20(28)26-16)24-13-4-2-3-12-11-6-5-10(23)7-14(11)25-19(12)13/h2-8,24-25H,23H2,1H3. The monoisotopic (exact) mass is 403 g/mol. The SMILES string of the molecule is Cc1c(Cl)c(Nc2cccc3c2[nH]c2cc(N)ccc23)cc2c1=NC(=O)C(=O)N=2. The largest absolute Gasteiger partial charge is 0.399 e. The first kappa shape index (κ1) is 17.4. The van der Waals surface area contributed by atoms with Crippen molar-refractivity contribution in [3.63, 3.8) is 0 Å². The summed E-state index contributed by atoms with van der Waals surface area (Å²) < 4.78 is 0.